The molecular weight excluding hydrogens is 472 g/mol. The number of fused-ring (bicyclic) bond motifs is 1. The zero-order valence-corrected chi connectivity index (χ0v) is 21.8. The Hall–Kier alpha value is -2.67. The Labute approximate surface area is 219 Å². The number of para-hydroxylation sites is 1. The van der Waals surface area contributed by atoms with E-state index in [1.165, 1.54) is 25.7 Å². The van der Waals surface area contributed by atoms with Crippen LogP contribution in [0.15, 0.2) is 60.8 Å². The summed E-state index contributed by atoms with van der Waals surface area (Å²) in [4.78, 5) is 34.7. The van der Waals surface area contributed by atoms with Gasteiger partial charge in [-0.05, 0) is 87.5 Å². The lowest BCUT2D eigenvalue weighted by Gasteiger charge is -2.38. The maximum absolute atomic E-state index is 13.7. The Bertz CT molecular complexity index is 1150. The van der Waals surface area contributed by atoms with E-state index in [2.05, 4.69) is 15.2 Å². The minimum absolute atomic E-state index is 0. The number of aromatic nitrogens is 1. The van der Waals surface area contributed by atoms with Gasteiger partial charge >= 0.3 is 0 Å². The van der Waals surface area contributed by atoms with Crippen molar-refractivity contribution < 1.29 is 9.59 Å². The van der Waals surface area contributed by atoms with Gasteiger partial charge in [-0.3, -0.25) is 9.59 Å². The topological polar surface area (TPSA) is 68.4 Å². The normalized spacial score (nSPS) is 18.1. The number of Topliss-reactive ketones (excluding diaryl/α,β-unsaturated/α-hetero) is 1. The Kier molecular flexibility index (Phi) is 8.83. The number of hydrogen-bond donors (Lipinski definition) is 2. The molecule has 1 amide bonds. The number of anilines is 1. The maximum atomic E-state index is 13.7. The van der Waals surface area contributed by atoms with Crippen LogP contribution in [0.2, 0.25) is 0 Å². The number of aromatic amines is 1. The minimum Gasteiger partial charge on any atom is -0.361 e. The first-order valence-electron chi connectivity index (χ1n) is 13.0. The molecule has 1 atom stereocenters. The van der Waals surface area contributed by atoms with Gasteiger partial charge in [0.1, 0.15) is 0 Å². The number of amides is 1. The first-order chi connectivity index (χ1) is 17.1. The molecule has 2 aliphatic rings. The summed E-state index contributed by atoms with van der Waals surface area (Å²) in [7, 11) is 1.87. The molecule has 1 aliphatic heterocycles. The average molecular weight is 509 g/mol. The van der Waals surface area contributed by atoms with E-state index in [9.17, 15) is 9.59 Å². The van der Waals surface area contributed by atoms with Crippen molar-refractivity contribution in [2.45, 2.75) is 50.6 Å². The van der Waals surface area contributed by atoms with Crippen molar-refractivity contribution in [3.8, 4) is 0 Å². The van der Waals surface area contributed by atoms with Gasteiger partial charge in [-0.2, -0.15) is 0 Å². The van der Waals surface area contributed by atoms with Gasteiger partial charge in [0.2, 0.25) is 0 Å². The van der Waals surface area contributed by atoms with E-state index in [-0.39, 0.29) is 36.7 Å². The number of halogens is 1. The van der Waals surface area contributed by atoms with Gasteiger partial charge in [0.15, 0.2) is 5.78 Å². The van der Waals surface area contributed by atoms with Gasteiger partial charge in [-0.15, -0.1) is 12.4 Å². The molecule has 2 aromatic carbocycles. The Morgan fingerprint density at radius 1 is 1.03 bits per heavy atom. The largest absolute Gasteiger partial charge is 0.361 e. The van der Waals surface area contributed by atoms with Crippen molar-refractivity contribution in [1.29, 1.82) is 0 Å². The number of H-pyrrole nitrogens is 1. The highest BCUT2D eigenvalue weighted by Crippen LogP contribution is 2.29. The Morgan fingerprint density at radius 2 is 1.75 bits per heavy atom. The number of hydrogen-bond acceptors (Lipinski definition) is 4. The summed E-state index contributed by atoms with van der Waals surface area (Å²) in [5, 5.41) is 4.36. The summed E-state index contributed by atoms with van der Waals surface area (Å²) < 4.78 is 0. The first-order valence-corrected chi connectivity index (χ1v) is 13.0. The van der Waals surface area contributed by atoms with E-state index < -0.39 is 0 Å². The molecule has 1 aromatic heterocycles. The predicted octanol–water partition coefficient (Wildman–Crippen LogP) is 5.05. The van der Waals surface area contributed by atoms with Crippen molar-refractivity contribution in [2.24, 2.45) is 5.92 Å². The number of piperidine rings is 1. The summed E-state index contributed by atoms with van der Waals surface area (Å²) in [5.41, 5.74) is 2.23. The van der Waals surface area contributed by atoms with E-state index in [4.69, 9.17) is 0 Å². The number of nitrogens with zero attached hydrogens (tertiary/aromatic N) is 2. The van der Waals surface area contributed by atoms with E-state index >= 15 is 0 Å². The van der Waals surface area contributed by atoms with Crippen LogP contribution in [-0.4, -0.2) is 60.3 Å². The van der Waals surface area contributed by atoms with Crippen molar-refractivity contribution in [1.82, 2.24) is 15.2 Å². The van der Waals surface area contributed by atoms with Gasteiger partial charge in [0.25, 0.3) is 5.91 Å². The monoisotopic (exact) mass is 508 g/mol. The molecule has 1 saturated heterocycles. The SMILES string of the molecule is CNC(C(=O)CN(C(=O)c1ccc2cc[nH]c2c1)c1ccccc1)C1CCN(C2CCCC2)CC1.Cl. The number of likely N-dealkylation sites (tertiary alicyclic amines) is 1. The third-order valence-electron chi connectivity index (χ3n) is 7.97. The lowest BCUT2D eigenvalue weighted by molar-refractivity contribution is -0.121. The number of nitrogens with one attached hydrogen (secondary N) is 2. The van der Waals surface area contributed by atoms with Crippen LogP contribution >= 0.6 is 12.4 Å². The fraction of sp³-hybridized carbons (Fsp3) is 0.448. The van der Waals surface area contributed by atoms with E-state index in [0.717, 1.165) is 48.6 Å². The van der Waals surface area contributed by atoms with Crippen LogP contribution in [0.4, 0.5) is 5.69 Å². The van der Waals surface area contributed by atoms with Crippen molar-refractivity contribution in [3.63, 3.8) is 0 Å². The second-order valence-corrected chi connectivity index (χ2v) is 10.1. The third kappa shape index (κ3) is 5.66. The van der Waals surface area contributed by atoms with Gasteiger partial charge in [-0.25, -0.2) is 0 Å². The molecule has 2 heterocycles. The molecule has 2 N–H and O–H groups in total. The van der Waals surface area contributed by atoms with Crippen LogP contribution in [0.25, 0.3) is 10.9 Å². The predicted molar refractivity (Wildman–Crippen MR) is 148 cm³/mol. The van der Waals surface area contributed by atoms with Gasteiger partial charge in [-0.1, -0.05) is 37.1 Å². The first kappa shape index (κ1) is 26.4. The average Bonchev–Trinajstić information content (AvgIpc) is 3.60. The summed E-state index contributed by atoms with van der Waals surface area (Å²) in [6.45, 7) is 2.19. The van der Waals surface area contributed by atoms with Crippen LogP contribution in [0.5, 0.6) is 0 Å². The molecule has 0 radical (unpaired) electrons. The Morgan fingerprint density at radius 3 is 2.44 bits per heavy atom. The quantitative estimate of drug-likeness (QED) is 0.447. The molecule has 0 bridgehead atoms. The highest BCUT2D eigenvalue weighted by Gasteiger charge is 2.34. The number of carbonyl (C=O) groups is 2. The van der Waals surface area contributed by atoms with Crippen molar-refractivity contribution in [2.75, 3.05) is 31.6 Å². The standard InChI is InChI=1S/C29H36N4O2.ClH/c1-30-28(22-14-17-32(18-15-22)24-7-5-6-8-24)27(34)20-33(25-9-3-2-4-10-25)29(35)23-12-11-21-13-16-31-26(21)19-23;/h2-4,9-13,16,19,22,24,28,30-31H,5-8,14-15,17-18,20H2,1H3;1H. The minimum atomic E-state index is -0.245. The fourth-order valence-electron chi connectivity index (χ4n) is 6.03. The molecule has 5 rings (SSSR count). The number of benzene rings is 2. The molecule has 0 spiro atoms. The lowest BCUT2D eigenvalue weighted by Crippen LogP contribution is -2.51. The molecule has 6 nitrogen and oxygen atoms in total. The molecule has 1 saturated carbocycles. The molecule has 3 aromatic rings. The van der Waals surface area contributed by atoms with Crippen LogP contribution in [0.3, 0.4) is 0 Å². The molecule has 36 heavy (non-hydrogen) atoms. The zero-order chi connectivity index (χ0) is 24.2. The molecular formula is C29H37ClN4O2. The van der Waals surface area contributed by atoms with E-state index in [1.54, 1.807) is 4.90 Å². The van der Waals surface area contributed by atoms with Crippen molar-refractivity contribution >= 4 is 40.7 Å². The number of likely N-dealkylation sites (N-methyl/N-ethyl adjacent to an activating group) is 1. The highest BCUT2D eigenvalue weighted by molar-refractivity contribution is 6.10. The molecule has 1 aliphatic carbocycles. The van der Waals surface area contributed by atoms with Crippen molar-refractivity contribution in [3.05, 3.63) is 66.4 Å². The second-order valence-electron chi connectivity index (χ2n) is 10.1. The lowest BCUT2D eigenvalue weighted by atomic mass is 9.86. The highest BCUT2D eigenvalue weighted by atomic mass is 35.5. The molecule has 2 fully saturated rings. The summed E-state index contributed by atoms with van der Waals surface area (Å²) >= 11 is 0. The van der Waals surface area contributed by atoms with E-state index in [0.29, 0.717) is 11.5 Å². The molecule has 192 valence electrons. The zero-order valence-electron chi connectivity index (χ0n) is 21.0. The molecule has 7 heteroatoms. The summed E-state index contributed by atoms with van der Waals surface area (Å²) in [6.07, 6.45) is 9.26. The van der Waals surface area contributed by atoms with Gasteiger partial charge in [0.05, 0.1) is 12.6 Å². The van der Waals surface area contributed by atoms with Crippen LogP contribution in [-0.2, 0) is 4.79 Å². The molecule has 1 unspecified atom stereocenters. The number of ketones is 1. The smallest absolute Gasteiger partial charge is 0.258 e. The maximum Gasteiger partial charge on any atom is 0.258 e. The number of rotatable bonds is 8. The number of carbonyl (C=O) groups excluding carboxylic acids is 2. The third-order valence-corrected chi connectivity index (χ3v) is 7.97. The fourth-order valence-corrected chi connectivity index (χ4v) is 6.03. The Balaban J connectivity index is 0.00000304. The summed E-state index contributed by atoms with van der Waals surface area (Å²) in [6, 6.07) is 17.7. The second kappa shape index (κ2) is 12.0. The summed E-state index contributed by atoms with van der Waals surface area (Å²) in [5.74, 6) is 0.213. The van der Waals surface area contributed by atoms with Crippen LogP contribution in [0.1, 0.15) is 48.9 Å². The van der Waals surface area contributed by atoms with Crippen LogP contribution in [0, 0.1) is 5.92 Å². The van der Waals surface area contributed by atoms with Crippen LogP contribution < -0.4 is 10.2 Å². The van der Waals surface area contributed by atoms with E-state index in [1.807, 2.05) is 67.8 Å². The van der Waals surface area contributed by atoms with Gasteiger partial charge in [0, 0.05) is 29.0 Å². The van der Waals surface area contributed by atoms with Gasteiger partial charge < -0.3 is 20.1 Å².